The molecule has 0 saturated heterocycles. The van der Waals surface area contributed by atoms with Crippen LogP contribution in [0.4, 0.5) is 0 Å². The van der Waals surface area contributed by atoms with Gasteiger partial charge in [0.1, 0.15) is 0 Å². The minimum atomic E-state index is 0.137. The molecule has 0 radical (unpaired) electrons. The van der Waals surface area contributed by atoms with Crippen LogP contribution in [0, 0.1) is 34.5 Å². The molecule has 3 fully saturated rings. The van der Waals surface area contributed by atoms with Crippen molar-refractivity contribution in [1.82, 2.24) is 0 Å². The smallest absolute Gasteiger partial charge is 0.178 e. The van der Waals surface area contributed by atoms with Gasteiger partial charge in [-0.2, -0.15) is 0 Å². The summed E-state index contributed by atoms with van der Waals surface area (Å²) in [5.41, 5.74) is 1.97. The molecule has 4 aliphatic carbocycles. The Morgan fingerprint density at radius 3 is 2.83 bits per heavy atom. The molecule has 122 valence electrons. The minimum absolute atomic E-state index is 0.137. The molecule has 0 amide bonds. The third-order valence-electron chi connectivity index (χ3n) is 8.34. The molecule has 7 unspecified atom stereocenters. The Morgan fingerprint density at radius 1 is 1.13 bits per heavy atom. The zero-order valence-electron chi connectivity index (χ0n) is 14.3. The summed E-state index contributed by atoms with van der Waals surface area (Å²) in [7, 11) is 0. The van der Waals surface area contributed by atoms with Crippen LogP contribution in [-0.4, -0.2) is 18.0 Å². The molecule has 5 aliphatic rings. The fraction of sp³-hybridized carbons (Fsp3) is 0.714. The van der Waals surface area contributed by atoms with E-state index in [1.807, 2.05) is 12.2 Å². The van der Waals surface area contributed by atoms with E-state index in [1.165, 1.54) is 37.7 Å². The van der Waals surface area contributed by atoms with E-state index in [2.05, 4.69) is 26.1 Å². The molecular weight excluding hydrogens is 282 g/mol. The number of rotatable bonds is 0. The van der Waals surface area contributed by atoms with Crippen molar-refractivity contribution in [1.29, 1.82) is 0 Å². The maximum atomic E-state index is 11.8. The highest BCUT2D eigenvalue weighted by atomic mass is 16.1. The van der Waals surface area contributed by atoms with Gasteiger partial charge >= 0.3 is 0 Å². The summed E-state index contributed by atoms with van der Waals surface area (Å²) in [5.74, 6) is 3.39. The third kappa shape index (κ3) is 1.65. The highest BCUT2D eigenvalue weighted by Crippen LogP contribution is 2.67. The summed E-state index contributed by atoms with van der Waals surface area (Å²) in [5, 5.41) is 0. The molecule has 5 rings (SSSR count). The van der Waals surface area contributed by atoms with Crippen molar-refractivity contribution in [2.45, 2.75) is 58.4 Å². The predicted octanol–water partition coefficient (Wildman–Crippen LogP) is 4.36. The first-order valence-electron chi connectivity index (χ1n) is 9.53. The number of hydrogen-bond donors (Lipinski definition) is 0. The summed E-state index contributed by atoms with van der Waals surface area (Å²) in [6.45, 7) is 4.72. The SMILES string of the molecule is CC1N=CC23CCC4C(CCC5=CC(=O)C=CC54C)C2CCC13. The van der Waals surface area contributed by atoms with Crippen LogP contribution >= 0.6 is 0 Å². The molecule has 0 aromatic rings. The normalized spacial score (nSPS) is 53.4. The number of allylic oxidation sites excluding steroid dienone is 4. The van der Waals surface area contributed by atoms with Crippen LogP contribution < -0.4 is 0 Å². The van der Waals surface area contributed by atoms with Gasteiger partial charge in [0.25, 0.3) is 0 Å². The first kappa shape index (κ1) is 14.2. The number of nitrogens with zero attached hydrogens (tertiary/aromatic N) is 1. The minimum Gasteiger partial charge on any atom is -0.294 e. The molecule has 2 heteroatoms. The summed E-state index contributed by atoms with van der Waals surface area (Å²) in [6, 6.07) is 0.540. The average Bonchev–Trinajstić information content (AvgIpc) is 3.06. The zero-order chi connectivity index (χ0) is 15.8. The Kier molecular flexibility index (Phi) is 2.75. The fourth-order valence-electron chi connectivity index (χ4n) is 7.27. The lowest BCUT2D eigenvalue weighted by Crippen LogP contribution is -2.50. The first-order chi connectivity index (χ1) is 11.0. The monoisotopic (exact) mass is 309 g/mol. The number of hydrogen-bond acceptors (Lipinski definition) is 2. The van der Waals surface area contributed by atoms with E-state index in [1.54, 1.807) is 0 Å². The summed E-state index contributed by atoms with van der Waals surface area (Å²) >= 11 is 0. The molecule has 0 aromatic heterocycles. The Hall–Kier alpha value is -1.18. The summed E-state index contributed by atoms with van der Waals surface area (Å²) < 4.78 is 0. The van der Waals surface area contributed by atoms with Crippen LogP contribution in [0.25, 0.3) is 0 Å². The van der Waals surface area contributed by atoms with Gasteiger partial charge < -0.3 is 0 Å². The second kappa shape index (κ2) is 4.46. The molecule has 1 aliphatic heterocycles. The maximum absolute atomic E-state index is 11.8. The number of ketones is 1. The van der Waals surface area contributed by atoms with E-state index < -0.39 is 0 Å². The molecule has 0 aromatic carbocycles. The van der Waals surface area contributed by atoms with Gasteiger partial charge in [-0.15, -0.1) is 0 Å². The summed E-state index contributed by atoms with van der Waals surface area (Å²) in [6.07, 6.45) is 16.2. The standard InChI is InChI=1S/C21H27NO/c1-13-17-5-6-19-16-4-3-14-11-15(23)7-9-20(14,2)18(16)8-10-21(17,19)12-22-13/h7,9,11-13,16-19H,3-6,8,10H2,1-2H3. The Balaban J connectivity index is 1.53. The molecule has 2 nitrogen and oxygen atoms in total. The fourth-order valence-corrected chi connectivity index (χ4v) is 7.27. The predicted molar refractivity (Wildman–Crippen MR) is 92.4 cm³/mol. The van der Waals surface area contributed by atoms with Gasteiger partial charge in [-0.3, -0.25) is 9.79 Å². The molecule has 3 saturated carbocycles. The topological polar surface area (TPSA) is 29.4 Å². The third-order valence-corrected chi connectivity index (χ3v) is 8.34. The van der Waals surface area contributed by atoms with Gasteiger partial charge in [0.2, 0.25) is 0 Å². The highest BCUT2D eigenvalue weighted by molar-refractivity contribution is 6.01. The van der Waals surface area contributed by atoms with Crippen molar-refractivity contribution in [3.8, 4) is 0 Å². The zero-order valence-corrected chi connectivity index (χ0v) is 14.3. The maximum Gasteiger partial charge on any atom is 0.178 e. The van der Waals surface area contributed by atoms with Gasteiger partial charge in [-0.1, -0.05) is 18.6 Å². The van der Waals surface area contributed by atoms with E-state index in [0.717, 1.165) is 30.1 Å². The van der Waals surface area contributed by atoms with Gasteiger partial charge in [0.15, 0.2) is 5.78 Å². The van der Waals surface area contributed by atoms with E-state index >= 15 is 0 Å². The lowest BCUT2D eigenvalue weighted by atomic mass is 9.47. The van der Waals surface area contributed by atoms with E-state index in [-0.39, 0.29) is 11.2 Å². The number of aliphatic imine (C=N–C) groups is 1. The highest BCUT2D eigenvalue weighted by Gasteiger charge is 2.61. The van der Waals surface area contributed by atoms with Crippen molar-refractivity contribution < 1.29 is 4.79 Å². The molecule has 1 heterocycles. The van der Waals surface area contributed by atoms with Crippen molar-refractivity contribution in [3.05, 3.63) is 23.8 Å². The lowest BCUT2D eigenvalue weighted by Gasteiger charge is -2.56. The van der Waals surface area contributed by atoms with Crippen molar-refractivity contribution >= 4 is 12.0 Å². The molecule has 0 bridgehead atoms. The van der Waals surface area contributed by atoms with E-state index in [4.69, 9.17) is 4.99 Å². The van der Waals surface area contributed by atoms with Gasteiger partial charge in [-0.25, -0.2) is 0 Å². The summed E-state index contributed by atoms with van der Waals surface area (Å²) in [4.78, 5) is 16.7. The van der Waals surface area contributed by atoms with Gasteiger partial charge in [0, 0.05) is 17.0 Å². The van der Waals surface area contributed by atoms with Crippen LogP contribution in [-0.2, 0) is 4.79 Å². The lowest BCUT2D eigenvalue weighted by molar-refractivity contribution is -0.111. The molecule has 7 atom stereocenters. The van der Waals surface area contributed by atoms with E-state index in [0.29, 0.717) is 11.5 Å². The largest absolute Gasteiger partial charge is 0.294 e. The van der Waals surface area contributed by atoms with E-state index in [9.17, 15) is 4.79 Å². The number of carbonyl (C=O) groups excluding carboxylic acids is 1. The van der Waals surface area contributed by atoms with Crippen molar-refractivity contribution in [2.24, 2.45) is 39.5 Å². The second-order valence-corrected chi connectivity index (χ2v) is 8.96. The molecule has 0 N–H and O–H groups in total. The van der Waals surface area contributed by atoms with Crippen LogP contribution in [0.2, 0.25) is 0 Å². The second-order valence-electron chi connectivity index (χ2n) is 8.96. The van der Waals surface area contributed by atoms with Crippen LogP contribution in [0.3, 0.4) is 0 Å². The van der Waals surface area contributed by atoms with Crippen molar-refractivity contribution in [3.63, 3.8) is 0 Å². The van der Waals surface area contributed by atoms with Crippen LogP contribution in [0.15, 0.2) is 28.8 Å². The van der Waals surface area contributed by atoms with Gasteiger partial charge in [-0.05, 0) is 81.3 Å². The molecular formula is C21H27NO. The number of fused-ring (bicyclic) bond motifs is 4. The Bertz CT molecular complexity index is 659. The quantitative estimate of drug-likeness (QED) is 0.653. The Labute approximate surface area is 139 Å². The van der Waals surface area contributed by atoms with Crippen LogP contribution in [0.5, 0.6) is 0 Å². The van der Waals surface area contributed by atoms with Gasteiger partial charge in [0.05, 0.1) is 6.04 Å². The first-order valence-corrected chi connectivity index (χ1v) is 9.53. The Morgan fingerprint density at radius 2 is 1.96 bits per heavy atom. The average molecular weight is 309 g/mol. The van der Waals surface area contributed by atoms with Crippen LogP contribution in [0.1, 0.15) is 52.4 Å². The molecule has 1 spiro atoms. The molecule has 23 heavy (non-hydrogen) atoms. The number of carbonyl (C=O) groups is 1. The van der Waals surface area contributed by atoms with Crippen molar-refractivity contribution in [2.75, 3.05) is 0 Å².